The number of carbonyl (C=O) groups excluding carboxylic acids is 1. The van der Waals surface area contributed by atoms with E-state index in [-0.39, 0.29) is 10.6 Å². The molecule has 0 aliphatic rings. The van der Waals surface area contributed by atoms with Gasteiger partial charge >= 0.3 is 5.97 Å². The number of ether oxygens (including phenoxy) is 1. The van der Waals surface area contributed by atoms with Gasteiger partial charge in [0.25, 0.3) is 0 Å². The smallest absolute Gasteiger partial charge is 0.322 e. The number of benzene rings is 1. The Bertz CT molecular complexity index is 722. The van der Waals surface area contributed by atoms with Gasteiger partial charge in [-0.2, -0.15) is 0 Å². The lowest BCUT2D eigenvalue weighted by Crippen LogP contribution is -2.23. The summed E-state index contributed by atoms with van der Waals surface area (Å²) in [6.07, 6.45) is 0.937. The number of hydrogen-bond donors (Lipinski definition) is 2. The third kappa shape index (κ3) is 4.38. The highest BCUT2D eigenvalue weighted by Gasteiger charge is 2.19. The molecule has 2 N–H and O–H groups in total. The average Bonchev–Trinajstić information content (AvgIpc) is 2.29. The van der Waals surface area contributed by atoms with Crippen molar-refractivity contribution in [2.24, 2.45) is 0 Å². The first kappa shape index (κ1) is 16.2. The van der Waals surface area contributed by atoms with Crippen LogP contribution in [-0.2, 0) is 29.4 Å². The highest BCUT2D eigenvalue weighted by atomic mass is 32.2. The molecule has 10 heteroatoms. The molecule has 8 nitrogen and oxygen atoms in total. The normalized spacial score (nSPS) is 11.9. The third-order valence-electron chi connectivity index (χ3n) is 2.20. The van der Waals surface area contributed by atoms with Crippen molar-refractivity contribution >= 4 is 31.5 Å². The van der Waals surface area contributed by atoms with Gasteiger partial charge in [-0.25, -0.2) is 16.8 Å². The Morgan fingerprint density at radius 3 is 2.40 bits per heavy atom. The van der Waals surface area contributed by atoms with Crippen LogP contribution in [0.25, 0.3) is 0 Å². The zero-order valence-electron chi connectivity index (χ0n) is 10.7. The van der Waals surface area contributed by atoms with Crippen molar-refractivity contribution in [3.05, 3.63) is 18.2 Å². The molecule has 0 aromatic heterocycles. The predicted molar refractivity (Wildman–Crippen MR) is 70.6 cm³/mol. The number of phenolic OH excluding ortho intramolecular Hbond substituents is 1. The van der Waals surface area contributed by atoms with Gasteiger partial charge in [-0.3, -0.25) is 9.52 Å². The highest BCUT2D eigenvalue weighted by Crippen LogP contribution is 2.27. The Balaban J connectivity index is 3.12. The van der Waals surface area contributed by atoms with Crippen molar-refractivity contribution in [2.75, 3.05) is 23.8 Å². The van der Waals surface area contributed by atoms with Crippen LogP contribution in [0.15, 0.2) is 23.1 Å². The second-order valence-corrected chi connectivity index (χ2v) is 7.63. The van der Waals surface area contributed by atoms with E-state index < -0.39 is 37.3 Å². The molecule has 0 fully saturated rings. The van der Waals surface area contributed by atoms with Crippen molar-refractivity contribution in [1.29, 1.82) is 0 Å². The quantitative estimate of drug-likeness (QED) is 0.563. The van der Waals surface area contributed by atoms with Gasteiger partial charge in [0.15, 0.2) is 15.6 Å². The zero-order valence-corrected chi connectivity index (χ0v) is 12.3. The molecular weight excluding hydrogens is 310 g/mol. The molecule has 0 unspecified atom stereocenters. The lowest BCUT2D eigenvalue weighted by atomic mass is 10.3. The van der Waals surface area contributed by atoms with Crippen molar-refractivity contribution < 1.29 is 31.5 Å². The van der Waals surface area contributed by atoms with Crippen molar-refractivity contribution in [1.82, 2.24) is 0 Å². The Kier molecular flexibility index (Phi) is 4.61. The minimum atomic E-state index is -4.11. The van der Waals surface area contributed by atoms with Gasteiger partial charge < -0.3 is 9.84 Å². The maximum Gasteiger partial charge on any atom is 0.322 e. The SMILES string of the molecule is COC(=O)CS(=O)(=O)Nc1cc(S(C)(=O)=O)ccc1O. The number of carbonyl (C=O) groups is 1. The Morgan fingerprint density at radius 2 is 1.90 bits per heavy atom. The molecule has 1 rings (SSSR count). The molecule has 0 bridgehead atoms. The topological polar surface area (TPSA) is 127 Å². The fourth-order valence-corrected chi connectivity index (χ4v) is 2.89. The first-order valence-electron chi connectivity index (χ1n) is 5.15. The van der Waals surface area contributed by atoms with Crippen LogP contribution in [0.4, 0.5) is 5.69 Å². The summed E-state index contributed by atoms with van der Waals surface area (Å²) in [4.78, 5) is 10.8. The molecule has 0 radical (unpaired) electrons. The summed E-state index contributed by atoms with van der Waals surface area (Å²) in [5, 5.41) is 9.52. The van der Waals surface area contributed by atoms with Gasteiger partial charge in [0.05, 0.1) is 17.7 Å². The number of sulfone groups is 1. The molecule has 0 spiro atoms. The molecule has 0 aliphatic heterocycles. The third-order valence-corrected chi connectivity index (χ3v) is 4.45. The number of rotatable bonds is 5. The van der Waals surface area contributed by atoms with E-state index >= 15 is 0 Å². The van der Waals surface area contributed by atoms with E-state index in [0.717, 1.165) is 31.6 Å². The Labute approximate surface area is 116 Å². The number of aromatic hydroxyl groups is 1. The van der Waals surface area contributed by atoms with E-state index in [0.29, 0.717) is 0 Å². The summed E-state index contributed by atoms with van der Waals surface area (Å²) in [5.41, 5.74) is -0.336. The molecule has 0 heterocycles. The van der Waals surface area contributed by atoms with Crippen LogP contribution in [-0.4, -0.2) is 47.0 Å². The van der Waals surface area contributed by atoms with Gasteiger partial charge in [-0.1, -0.05) is 0 Å². The summed E-state index contributed by atoms with van der Waals surface area (Å²) < 4.78 is 52.1. The molecule has 1 aromatic carbocycles. The van der Waals surface area contributed by atoms with Crippen molar-refractivity contribution in [3.63, 3.8) is 0 Å². The number of esters is 1. The lowest BCUT2D eigenvalue weighted by Gasteiger charge is -2.10. The second-order valence-electron chi connectivity index (χ2n) is 3.89. The standard InChI is InChI=1S/C10H13NO7S2/c1-18-10(13)6-20(16,17)11-8-5-7(19(2,14)15)3-4-9(8)12/h3-5,11-12H,6H2,1-2H3. The maximum atomic E-state index is 11.6. The number of anilines is 1. The minimum absolute atomic E-state index is 0.175. The first-order valence-corrected chi connectivity index (χ1v) is 8.70. The van der Waals surface area contributed by atoms with E-state index in [1.807, 2.05) is 4.72 Å². The van der Waals surface area contributed by atoms with E-state index in [9.17, 15) is 26.7 Å². The van der Waals surface area contributed by atoms with Crippen LogP contribution in [0.2, 0.25) is 0 Å². The van der Waals surface area contributed by atoms with E-state index in [4.69, 9.17) is 0 Å². The molecule has 0 amide bonds. The fourth-order valence-electron chi connectivity index (χ4n) is 1.25. The van der Waals surface area contributed by atoms with Gasteiger partial charge in [0.2, 0.25) is 10.0 Å². The van der Waals surface area contributed by atoms with Crippen LogP contribution in [0, 0.1) is 0 Å². The summed E-state index contributed by atoms with van der Waals surface area (Å²) in [6, 6.07) is 3.12. The number of hydrogen-bond acceptors (Lipinski definition) is 7. The lowest BCUT2D eigenvalue weighted by molar-refractivity contribution is -0.137. The summed E-state index contributed by atoms with van der Waals surface area (Å²) in [6.45, 7) is 0. The second kappa shape index (κ2) is 5.67. The monoisotopic (exact) mass is 323 g/mol. The van der Waals surface area contributed by atoms with Crippen molar-refractivity contribution in [3.8, 4) is 5.75 Å². The van der Waals surface area contributed by atoms with Crippen LogP contribution < -0.4 is 4.72 Å². The van der Waals surface area contributed by atoms with Gasteiger partial charge in [0, 0.05) is 6.26 Å². The Hall–Kier alpha value is -1.81. The molecule has 0 saturated heterocycles. The number of phenols is 1. The maximum absolute atomic E-state index is 11.6. The van der Waals surface area contributed by atoms with Crippen LogP contribution in [0.3, 0.4) is 0 Å². The van der Waals surface area contributed by atoms with Crippen LogP contribution in [0.1, 0.15) is 0 Å². The summed E-state index contributed by atoms with van der Waals surface area (Å²) >= 11 is 0. The number of sulfonamides is 1. The summed E-state index contributed by atoms with van der Waals surface area (Å²) in [7, 11) is -6.65. The molecule has 0 aliphatic carbocycles. The van der Waals surface area contributed by atoms with E-state index in [2.05, 4.69) is 4.74 Å². The predicted octanol–water partition coefficient (Wildman–Crippen LogP) is -0.290. The van der Waals surface area contributed by atoms with E-state index in [1.165, 1.54) is 0 Å². The molecule has 20 heavy (non-hydrogen) atoms. The Morgan fingerprint density at radius 1 is 1.30 bits per heavy atom. The first-order chi connectivity index (χ1) is 9.05. The number of nitrogens with one attached hydrogen (secondary N) is 1. The highest BCUT2D eigenvalue weighted by molar-refractivity contribution is 7.93. The molecule has 0 atom stereocenters. The summed E-state index contributed by atoms with van der Waals surface area (Å²) in [5.74, 6) is -2.41. The zero-order chi connectivity index (χ0) is 15.6. The van der Waals surface area contributed by atoms with Gasteiger partial charge in [-0.15, -0.1) is 0 Å². The van der Waals surface area contributed by atoms with Crippen LogP contribution >= 0.6 is 0 Å². The average molecular weight is 323 g/mol. The fraction of sp³-hybridized carbons (Fsp3) is 0.300. The van der Waals surface area contributed by atoms with Gasteiger partial charge in [0.1, 0.15) is 5.75 Å². The van der Waals surface area contributed by atoms with Gasteiger partial charge in [-0.05, 0) is 18.2 Å². The van der Waals surface area contributed by atoms with E-state index in [1.54, 1.807) is 0 Å². The molecule has 112 valence electrons. The minimum Gasteiger partial charge on any atom is -0.506 e. The van der Waals surface area contributed by atoms with Crippen molar-refractivity contribution in [2.45, 2.75) is 4.90 Å². The molecule has 1 aromatic rings. The van der Waals surface area contributed by atoms with Crippen LogP contribution in [0.5, 0.6) is 5.75 Å². The number of methoxy groups -OCH3 is 1. The molecular formula is C10H13NO7S2. The molecule has 0 saturated carbocycles. The largest absolute Gasteiger partial charge is 0.506 e.